The average molecular weight is 311 g/mol. The molecule has 1 aromatic rings. The number of aryl methyl sites for hydroxylation is 1. The second-order valence-electron chi connectivity index (χ2n) is 5.66. The Morgan fingerprint density at radius 1 is 1.62 bits per heavy atom. The maximum atomic E-state index is 12.5. The number of amides is 2. The van der Waals surface area contributed by atoms with Gasteiger partial charge in [0, 0.05) is 57.4 Å². The van der Waals surface area contributed by atoms with Gasteiger partial charge in [-0.1, -0.05) is 0 Å². The standard InChI is InChI=1S/C15H25N3O2S/c1-12-11-21-14(16-12)13-6-4-8-18(10-13)15(19)17(2)7-5-9-20-3/h11,13H,4-10H2,1-3H3. The molecule has 0 aliphatic carbocycles. The Kier molecular flexibility index (Phi) is 5.99. The van der Waals surface area contributed by atoms with Crippen molar-refractivity contribution < 1.29 is 9.53 Å². The van der Waals surface area contributed by atoms with Crippen LogP contribution in [0.25, 0.3) is 0 Å². The highest BCUT2D eigenvalue weighted by Crippen LogP contribution is 2.29. The van der Waals surface area contributed by atoms with Crippen LogP contribution in [0.5, 0.6) is 0 Å². The van der Waals surface area contributed by atoms with Gasteiger partial charge >= 0.3 is 6.03 Å². The van der Waals surface area contributed by atoms with Crippen molar-refractivity contribution in [3.05, 3.63) is 16.1 Å². The summed E-state index contributed by atoms with van der Waals surface area (Å²) in [6.45, 7) is 5.10. The van der Waals surface area contributed by atoms with Gasteiger partial charge in [0.25, 0.3) is 0 Å². The Hall–Kier alpha value is -1.14. The minimum atomic E-state index is 0.129. The summed E-state index contributed by atoms with van der Waals surface area (Å²) in [6.07, 6.45) is 3.06. The summed E-state index contributed by atoms with van der Waals surface area (Å²) in [6, 6.07) is 0.129. The SMILES string of the molecule is COCCCN(C)C(=O)N1CCCC(c2nc(C)cs2)C1. The number of urea groups is 1. The molecule has 1 atom stereocenters. The summed E-state index contributed by atoms with van der Waals surface area (Å²) in [4.78, 5) is 20.8. The number of aromatic nitrogens is 1. The molecule has 0 saturated carbocycles. The molecular weight excluding hydrogens is 286 g/mol. The van der Waals surface area contributed by atoms with Gasteiger partial charge in [0.2, 0.25) is 0 Å². The van der Waals surface area contributed by atoms with E-state index < -0.39 is 0 Å². The van der Waals surface area contributed by atoms with Crippen molar-refractivity contribution in [1.82, 2.24) is 14.8 Å². The maximum Gasteiger partial charge on any atom is 0.319 e. The van der Waals surface area contributed by atoms with Crippen molar-refractivity contribution >= 4 is 17.4 Å². The number of carbonyl (C=O) groups excluding carboxylic acids is 1. The Labute approximate surface area is 130 Å². The lowest BCUT2D eigenvalue weighted by atomic mass is 9.99. The molecule has 118 valence electrons. The number of ether oxygens (including phenoxy) is 1. The number of piperidine rings is 1. The minimum Gasteiger partial charge on any atom is -0.385 e. The van der Waals surface area contributed by atoms with E-state index in [-0.39, 0.29) is 6.03 Å². The number of hydrogen-bond acceptors (Lipinski definition) is 4. The van der Waals surface area contributed by atoms with Crippen molar-refractivity contribution in [3.63, 3.8) is 0 Å². The van der Waals surface area contributed by atoms with Gasteiger partial charge in [-0.3, -0.25) is 0 Å². The van der Waals surface area contributed by atoms with Crippen LogP contribution in [0.15, 0.2) is 5.38 Å². The number of hydrogen-bond donors (Lipinski definition) is 0. The predicted octanol–water partition coefficient (Wildman–Crippen LogP) is 2.72. The molecule has 2 heterocycles. The largest absolute Gasteiger partial charge is 0.385 e. The second kappa shape index (κ2) is 7.75. The number of thiazole rings is 1. The van der Waals surface area contributed by atoms with Gasteiger partial charge in [-0.05, 0) is 26.2 Å². The molecule has 1 fully saturated rings. The lowest BCUT2D eigenvalue weighted by Gasteiger charge is -2.34. The Morgan fingerprint density at radius 2 is 2.43 bits per heavy atom. The summed E-state index contributed by atoms with van der Waals surface area (Å²) >= 11 is 1.72. The number of nitrogens with zero attached hydrogens (tertiary/aromatic N) is 3. The molecule has 0 spiro atoms. The molecule has 2 rings (SSSR count). The van der Waals surface area contributed by atoms with Crippen LogP contribution in [0.3, 0.4) is 0 Å². The number of carbonyl (C=O) groups is 1. The first-order valence-electron chi connectivity index (χ1n) is 7.53. The van der Waals surface area contributed by atoms with Crippen LogP contribution in [0.1, 0.15) is 35.9 Å². The van der Waals surface area contributed by atoms with E-state index in [1.165, 1.54) is 5.01 Å². The van der Waals surface area contributed by atoms with Crippen molar-refractivity contribution in [3.8, 4) is 0 Å². The van der Waals surface area contributed by atoms with Crippen LogP contribution in [0, 0.1) is 6.92 Å². The molecule has 2 amide bonds. The molecule has 1 aliphatic heterocycles. The van der Waals surface area contributed by atoms with Crippen LogP contribution in [0.4, 0.5) is 4.79 Å². The van der Waals surface area contributed by atoms with E-state index in [2.05, 4.69) is 10.4 Å². The number of rotatable bonds is 5. The quantitative estimate of drug-likeness (QED) is 0.786. The van der Waals surface area contributed by atoms with E-state index in [4.69, 9.17) is 4.74 Å². The molecule has 1 saturated heterocycles. The average Bonchev–Trinajstić information content (AvgIpc) is 2.93. The molecule has 21 heavy (non-hydrogen) atoms. The van der Waals surface area contributed by atoms with Gasteiger partial charge < -0.3 is 14.5 Å². The van der Waals surface area contributed by atoms with E-state index in [0.29, 0.717) is 12.5 Å². The second-order valence-corrected chi connectivity index (χ2v) is 6.55. The number of likely N-dealkylation sites (tertiary alicyclic amines) is 1. The third-order valence-corrected chi connectivity index (χ3v) is 4.97. The van der Waals surface area contributed by atoms with Crippen LogP contribution in [0.2, 0.25) is 0 Å². The smallest absolute Gasteiger partial charge is 0.319 e. The molecule has 1 aliphatic rings. The highest BCUT2D eigenvalue weighted by Gasteiger charge is 2.27. The Bertz CT molecular complexity index is 464. The molecule has 0 radical (unpaired) electrons. The summed E-state index contributed by atoms with van der Waals surface area (Å²) < 4.78 is 5.04. The lowest BCUT2D eigenvalue weighted by molar-refractivity contribution is 0.139. The fraction of sp³-hybridized carbons (Fsp3) is 0.733. The zero-order valence-corrected chi connectivity index (χ0v) is 14.0. The van der Waals surface area contributed by atoms with Crippen LogP contribution in [-0.4, -0.2) is 61.2 Å². The first kappa shape index (κ1) is 16.2. The predicted molar refractivity (Wildman–Crippen MR) is 84.9 cm³/mol. The van der Waals surface area contributed by atoms with Crippen LogP contribution in [-0.2, 0) is 4.74 Å². The first-order valence-corrected chi connectivity index (χ1v) is 8.40. The van der Waals surface area contributed by atoms with Crippen molar-refractivity contribution in [2.75, 3.05) is 40.4 Å². The molecule has 0 N–H and O–H groups in total. The molecule has 0 aromatic carbocycles. The fourth-order valence-corrected chi connectivity index (χ4v) is 3.62. The number of methoxy groups -OCH3 is 1. The van der Waals surface area contributed by atoms with Gasteiger partial charge in [0.15, 0.2) is 0 Å². The lowest BCUT2D eigenvalue weighted by Crippen LogP contribution is -2.46. The molecule has 0 bridgehead atoms. The van der Waals surface area contributed by atoms with Gasteiger partial charge in [-0.2, -0.15) is 0 Å². The van der Waals surface area contributed by atoms with E-state index >= 15 is 0 Å². The zero-order chi connectivity index (χ0) is 15.2. The third-order valence-electron chi connectivity index (χ3n) is 3.85. The third kappa shape index (κ3) is 4.41. The first-order chi connectivity index (χ1) is 10.1. The molecular formula is C15H25N3O2S. The van der Waals surface area contributed by atoms with Gasteiger partial charge in [-0.25, -0.2) is 9.78 Å². The monoisotopic (exact) mass is 311 g/mol. The molecule has 6 heteroatoms. The van der Waals surface area contributed by atoms with E-state index in [9.17, 15) is 4.79 Å². The molecule has 5 nitrogen and oxygen atoms in total. The Morgan fingerprint density at radius 3 is 3.10 bits per heavy atom. The van der Waals surface area contributed by atoms with E-state index in [1.54, 1.807) is 23.3 Å². The van der Waals surface area contributed by atoms with Crippen molar-refractivity contribution in [2.24, 2.45) is 0 Å². The summed E-state index contributed by atoms with van der Waals surface area (Å²) in [7, 11) is 3.56. The molecule has 1 unspecified atom stereocenters. The highest BCUT2D eigenvalue weighted by molar-refractivity contribution is 7.09. The van der Waals surface area contributed by atoms with Gasteiger partial charge in [-0.15, -0.1) is 11.3 Å². The fourth-order valence-electron chi connectivity index (χ4n) is 2.70. The molecule has 1 aromatic heterocycles. The summed E-state index contributed by atoms with van der Waals surface area (Å²) in [5.41, 5.74) is 1.08. The normalized spacial score (nSPS) is 18.8. The zero-order valence-electron chi connectivity index (χ0n) is 13.2. The van der Waals surface area contributed by atoms with E-state index in [1.807, 2.05) is 18.9 Å². The van der Waals surface area contributed by atoms with Crippen molar-refractivity contribution in [2.45, 2.75) is 32.1 Å². The minimum absolute atomic E-state index is 0.129. The van der Waals surface area contributed by atoms with Gasteiger partial charge in [0.1, 0.15) is 0 Å². The summed E-state index contributed by atoms with van der Waals surface area (Å²) in [5, 5.41) is 3.26. The van der Waals surface area contributed by atoms with Crippen LogP contribution >= 0.6 is 11.3 Å². The highest BCUT2D eigenvalue weighted by atomic mass is 32.1. The van der Waals surface area contributed by atoms with Crippen LogP contribution < -0.4 is 0 Å². The summed E-state index contributed by atoms with van der Waals surface area (Å²) in [5.74, 6) is 0.397. The van der Waals surface area contributed by atoms with E-state index in [0.717, 1.165) is 44.6 Å². The van der Waals surface area contributed by atoms with Crippen molar-refractivity contribution in [1.29, 1.82) is 0 Å². The maximum absolute atomic E-state index is 12.5. The van der Waals surface area contributed by atoms with Gasteiger partial charge in [0.05, 0.1) is 5.01 Å². The topological polar surface area (TPSA) is 45.7 Å². The Balaban J connectivity index is 1.89.